The van der Waals surface area contributed by atoms with Crippen molar-refractivity contribution >= 4 is 0 Å². The topological polar surface area (TPSA) is 123 Å². The van der Waals surface area contributed by atoms with Crippen LogP contribution in [0.5, 0.6) is 0 Å². The molecule has 9 nitrogen and oxygen atoms in total. The van der Waals surface area contributed by atoms with E-state index in [1.165, 1.54) is 23.0 Å². The molecule has 4 aromatic rings. The molecule has 3 aromatic heterocycles. The molecule has 0 aliphatic carbocycles. The molecule has 0 aliphatic heterocycles. The van der Waals surface area contributed by atoms with Gasteiger partial charge in [0, 0.05) is 29.8 Å². The van der Waals surface area contributed by atoms with E-state index in [1.54, 1.807) is 6.07 Å². The molecule has 0 saturated heterocycles. The monoisotopic (exact) mass is 427 g/mol. The van der Waals surface area contributed by atoms with Crippen molar-refractivity contribution < 1.29 is 4.42 Å². The molecule has 0 aliphatic rings. The van der Waals surface area contributed by atoms with Gasteiger partial charge in [-0.3, -0.25) is 14.3 Å². The van der Waals surface area contributed by atoms with Gasteiger partial charge in [-0.2, -0.15) is 5.26 Å². The van der Waals surface area contributed by atoms with Gasteiger partial charge in [0.05, 0.1) is 18.1 Å². The first kappa shape index (κ1) is 21.1. The van der Waals surface area contributed by atoms with Gasteiger partial charge >= 0.3 is 0 Å². The maximum absolute atomic E-state index is 12.2. The fraction of sp³-hybridized carbons (Fsp3) is 0.217. The van der Waals surface area contributed by atoms with E-state index in [2.05, 4.69) is 31.6 Å². The Bertz CT molecular complexity index is 1350. The predicted octanol–water partition coefficient (Wildman–Crippen LogP) is 3.19. The summed E-state index contributed by atoms with van der Waals surface area (Å²) in [6.45, 7) is 4.46. The maximum Gasteiger partial charge on any atom is 0.268 e. The van der Waals surface area contributed by atoms with Crippen molar-refractivity contribution in [2.24, 2.45) is 0 Å². The average molecular weight is 427 g/mol. The van der Waals surface area contributed by atoms with Crippen LogP contribution >= 0.6 is 0 Å². The quantitative estimate of drug-likeness (QED) is 0.498. The number of nitriles is 1. The van der Waals surface area contributed by atoms with Crippen molar-refractivity contribution in [1.29, 1.82) is 5.26 Å². The maximum atomic E-state index is 12.2. The van der Waals surface area contributed by atoms with Crippen LogP contribution < -0.4 is 10.9 Å². The van der Waals surface area contributed by atoms with Crippen LogP contribution in [0.3, 0.4) is 0 Å². The van der Waals surface area contributed by atoms with E-state index >= 15 is 0 Å². The molecule has 0 fully saturated rings. The number of rotatable bonds is 6. The van der Waals surface area contributed by atoms with Gasteiger partial charge in [0.25, 0.3) is 11.4 Å². The third-order valence-corrected chi connectivity index (χ3v) is 4.88. The Morgan fingerprint density at radius 2 is 1.78 bits per heavy atom. The second-order valence-electron chi connectivity index (χ2n) is 7.44. The second kappa shape index (κ2) is 8.91. The first-order valence-corrected chi connectivity index (χ1v) is 10.1. The zero-order valence-electron chi connectivity index (χ0n) is 17.9. The van der Waals surface area contributed by atoms with Crippen LogP contribution in [-0.2, 0) is 6.54 Å². The summed E-state index contributed by atoms with van der Waals surface area (Å²) in [6, 6.07) is 12.8. The highest BCUT2D eigenvalue weighted by molar-refractivity contribution is 5.66. The van der Waals surface area contributed by atoms with E-state index in [1.807, 2.05) is 45.2 Å². The van der Waals surface area contributed by atoms with Gasteiger partial charge in [-0.25, -0.2) is 4.98 Å². The summed E-state index contributed by atoms with van der Waals surface area (Å²) in [7, 11) is 1.89. The number of pyridine rings is 1. The molecule has 0 amide bonds. The van der Waals surface area contributed by atoms with Gasteiger partial charge in [0.15, 0.2) is 0 Å². The third-order valence-electron chi connectivity index (χ3n) is 4.88. The number of aromatic nitrogens is 5. The summed E-state index contributed by atoms with van der Waals surface area (Å²) in [5.74, 6) is 0.582. The van der Waals surface area contributed by atoms with Crippen molar-refractivity contribution in [3.05, 3.63) is 70.4 Å². The Balaban J connectivity index is 1.70. The molecule has 1 aromatic carbocycles. The number of nitrogens with one attached hydrogen (secondary N) is 1. The van der Waals surface area contributed by atoms with Gasteiger partial charge in [-0.05, 0) is 44.7 Å². The van der Waals surface area contributed by atoms with Crippen molar-refractivity contribution in [2.75, 3.05) is 7.05 Å². The van der Waals surface area contributed by atoms with Crippen LogP contribution in [0.1, 0.15) is 31.1 Å². The molecule has 0 atom stereocenters. The molecule has 160 valence electrons. The van der Waals surface area contributed by atoms with E-state index in [-0.39, 0.29) is 23.2 Å². The Morgan fingerprint density at radius 3 is 2.47 bits per heavy atom. The lowest BCUT2D eigenvalue weighted by Gasteiger charge is -2.14. The molecular weight excluding hydrogens is 406 g/mol. The summed E-state index contributed by atoms with van der Waals surface area (Å²) >= 11 is 0. The van der Waals surface area contributed by atoms with Crippen LogP contribution in [-0.4, -0.2) is 31.8 Å². The summed E-state index contributed by atoms with van der Waals surface area (Å²) in [6.07, 6.45) is 3.05. The van der Waals surface area contributed by atoms with Crippen molar-refractivity contribution in [1.82, 2.24) is 30.0 Å². The van der Waals surface area contributed by atoms with E-state index in [0.717, 1.165) is 17.7 Å². The molecular formula is C23H21N7O2. The van der Waals surface area contributed by atoms with Crippen LogP contribution in [0.15, 0.2) is 58.0 Å². The molecule has 0 spiro atoms. The lowest BCUT2D eigenvalue weighted by Crippen LogP contribution is -2.24. The summed E-state index contributed by atoms with van der Waals surface area (Å²) < 4.78 is 7.26. The molecule has 0 saturated carbocycles. The fourth-order valence-corrected chi connectivity index (χ4v) is 3.40. The SMILES string of the molecule is CNCc1ccc(-c2nnc(-c3cncc(-c4ccc(=O)n(C(C)C)c4C#N)n3)o2)cc1. The van der Waals surface area contributed by atoms with Crippen LogP contribution in [0, 0.1) is 11.3 Å². The fourth-order valence-electron chi connectivity index (χ4n) is 3.40. The lowest BCUT2D eigenvalue weighted by molar-refractivity contribution is 0.572. The minimum absolute atomic E-state index is 0.175. The highest BCUT2D eigenvalue weighted by Crippen LogP contribution is 2.26. The second-order valence-corrected chi connectivity index (χ2v) is 7.44. The largest absolute Gasteiger partial charge is 0.415 e. The molecule has 1 N–H and O–H groups in total. The number of hydrogen-bond acceptors (Lipinski definition) is 8. The van der Waals surface area contributed by atoms with Gasteiger partial charge in [-0.15, -0.1) is 10.2 Å². The zero-order valence-corrected chi connectivity index (χ0v) is 17.9. The van der Waals surface area contributed by atoms with Crippen LogP contribution in [0.4, 0.5) is 0 Å². The van der Waals surface area contributed by atoms with Crippen molar-refractivity contribution in [3.8, 4) is 40.4 Å². The lowest BCUT2D eigenvalue weighted by atomic mass is 10.1. The standard InChI is InChI=1S/C23H21N7O2/c1-14(2)30-20(10-24)17(8-9-21(30)31)18-12-26-13-19(27-18)23-29-28-22(32-23)16-6-4-15(5-7-16)11-25-3/h4-9,12-14,25H,11H2,1-3H3. The van der Waals surface area contributed by atoms with Gasteiger partial charge in [0.1, 0.15) is 17.5 Å². The predicted molar refractivity (Wildman–Crippen MR) is 118 cm³/mol. The molecule has 0 radical (unpaired) electrons. The number of nitrogens with zero attached hydrogens (tertiary/aromatic N) is 6. The van der Waals surface area contributed by atoms with E-state index in [9.17, 15) is 10.1 Å². The summed E-state index contributed by atoms with van der Waals surface area (Å²) in [5, 5.41) is 21.0. The Morgan fingerprint density at radius 1 is 1.06 bits per heavy atom. The van der Waals surface area contributed by atoms with Crippen LogP contribution in [0.25, 0.3) is 34.3 Å². The van der Waals surface area contributed by atoms with Crippen molar-refractivity contribution in [2.45, 2.75) is 26.4 Å². The van der Waals surface area contributed by atoms with Crippen molar-refractivity contribution in [3.63, 3.8) is 0 Å². The van der Waals surface area contributed by atoms with E-state index < -0.39 is 0 Å². The zero-order chi connectivity index (χ0) is 22.7. The van der Waals surface area contributed by atoms with Crippen LogP contribution in [0.2, 0.25) is 0 Å². The molecule has 9 heteroatoms. The third kappa shape index (κ3) is 4.04. The number of hydrogen-bond donors (Lipinski definition) is 1. The highest BCUT2D eigenvalue weighted by Gasteiger charge is 2.17. The summed E-state index contributed by atoms with van der Waals surface area (Å²) in [4.78, 5) is 21.0. The minimum Gasteiger partial charge on any atom is -0.415 e. The average Bonchev–Trinajstić information content (AvgIpc) is 3.29. The first-order chi connectivity index (χ1) is 15.5. The van der Waals surface area contributed by atoms with Gasteiger partial charge in [-0.1, -0.05) is 12.1 Å². The molecule has 0 unspecified atom stereocenters. The molecule has 3 heterocycles. The van der Waals surface area contributed by atoms with Gasteiger partial charge in [0.2, 0.25) is 5.89 Å². The summed E-state index contributed by atoms with van der Waals surface area (Å²) in [5.41, 5.74) is 3.24. The van der Waals surface area contributed by atoms with E-state index in [0.29, 0.717) is 22.8 Å². The number of benzene rings is 1. The molecule has 4 rings (SSSR count). The first-order valence-electron chi connectivity index (χ1n) is 10.1. The van der Waals surface area contributed by atoms with E-state index in [4.69, 9.17) is 4.42 Å². The molecule has 0 bridgehead atoms. The Labute approximate surface area is 184 Å². The smallest absolute Gasteiger partial charge is 0.268 e. The minimum atomic E-state index is -0.244. The highest BCUT2D eigenvalue weighted by atomic mass is 16.4. The Kier molecular flexibility index (Phi) is 5.87. The van der Waals surface area contributed by atoms with Gasteiger partial charge < -0.3 is 9.73 Å². The normalized spacial score (nSPS) is 11.0. The Hall–Kier alpha value is -4.16. The molecule has 32 heavy (non-hydrogen) atoms.